The predicted octanol–water partition coefficient (Wildman–Crippen LogP) is 7.33. The normalized spacial score (nSPS) is 44.0. The number of hydrogen-bond donors (Lipinski definition) is 2. The second kappa shape index (κ2) is 8.20. The van der Waals surface area contributed by atoms with Crippen molar-refractivity contribution in [3.63, 3.8) is 0 Å². The Morgan fingerprint density at radius 2 is 1.57 bits per heavy atom. The maximum Gasteiger partial charge on any atom is 0.335 e. The number of hydrogen-bond acceptors (Lipinski definition) is 2. The van der Waals surface area contributed by atoms with Crippen LogP contribution in [-0.4, -0.2) is 17.0 Å². The van der Waals surface area contributed by atoms with E-state index in [4.69, 9.17) is 5.73 Å². The molecule has 0 radical (unpaired) electrons. The molecule has 5 aliphatic carbocycles. The quantitative estimate of drug-likeness (QED) is 0.453. The third kappa shape index (κ3) is 3.32. The Morgan fingerprint density at radius 1 is 0.838 bits per heavy atom. The molecular formula is C33H45NO3. The molecule has 0 aromatic heterocycles. The van der Waals surface area contributed by atoms with Crippen LogP contribution in [0.2, 0.25) is 0 Å². The van der Waals surface area contributed by atoms with Crippen LogP contribution in [0.3, 0.4) is 0 Å². The van der Waals surface area contributed by atoms with Gasteiger partial charge in [-0.15, -0.1) is 0 Å². The Bertz CT molecular complexity index is 1150. The molecular weight excluding hydrogens is 458 g/mol. The third-order valence-corrected chi connectivity index (χ3v) is 13.0. The summed E-state index contributed by atoms with van der Waals surface area (Å²) >= 11 is 0. The van der Waals surface area contributed by atoms with E-state index in [-0.39, 0.29) is 22.2 Å². The van der Waals surface area contributed by atoms with E-state index in [9.17, 15) is 14.7 Å². The summed E-state index contributed by atoms with van der Waals surface area (Å²) in [5, 5.41) is 9.35. The lowest BCUT2D eigenvalue weighted by Crippen LogP contribution is -2.61. The molecule has 37 heavy (non-hydrogen) atoms. The summed E-state index contributed by atoms with van der Waals surface area (Å²) < 4.78 is 0. The minimum absolute atomic E-state index is 0.0144. The molecule has 0 heterocycles. The highest BCUT2D eigenvalue weighted by molar-refractivity contribution is 5.88. The van der Waals surface area contributed by atoms with Gasteiger partial charge < -0.3 is 10.8 Å². The van der Waals surface area contributed by atoms with Crippen molar-refractivity contribution in [3.8, 4) is 0 Å². The second-order valence-corrected chi connectivity index (χ2v) is 14.5. The van der Waals surface area contributed by atoms with E-state index in [1.807, 2.05) is 12.1 Å². The molecule has 1 amide bonds. The van der Waals surface area contributed by atoms with Crippen molar-refractivity contribution in [3.05, 3.63) is 41.5 Å². The van der Waals surface area contributed by atoms with E-state index in [1.54, 1.807) is 12.1 Å². The Morgan fingerprint density at radius 3 is 2.24 bits per heavy atom. The lowest BCUT2D eigenvalue weighted by molar-refractivity contribution is -0.180. The number of carbonyl (C=O) groups is 2. The van der Waals surface area contributed by atoms with Gasteiger partial charge in [0.2, 0.25) is 5.91 Å². The minimum atomic E-state index is -0.869. The smallest absolute Gasteiger partial charge is 0.335 e. The van der Waals surface area contributed by atoms with Crippen molar-refractivity contribution >= 4 is 17.4 Å². The SMILES string of the molecule is CC1(C)C(c2ccc(C(=O)O)cc2)=CCC2(C)C1CCC1(C)C3CC[C@@]4(C(N)=O)CCCC4C3CCC12. The topological polar surface area (TPSA) is 80.4 Å². The molecule has 200 valence electrons. The van der Waals surface area contributed by atoms with Crippen molar-refractivity contribution in [2.24, 2.45) is 57.0 Å². The number of fused-ring (bicyclic) bond motifs is 7. The fourth-order valence-electron chi connectivity index (χ4n) is 11.5. The molecule has 0 aliphatic heterocycles. The van der Waals surface area contributed by atoms with Gasteiger partial charge in [-0.3, -0.25) is 4.79 Å². The number of amides is 1. The van der Waals surface area contributed by atoms with E-state index < -0.39 is 5.97 Å². The Hall–Kier alpha value is -2.10. The molecule has 7 unspecified atom stereocenters. The number of carboxylic acid groups (broad SMARTS) is 1. The third-order valence-electron chi connectivity index (χ3n) is 13.0. The molecule has 0 bridgehead atoms. The van der Waals surface area contributed by atoms with Crippen LogP contribution in [0, 0.1) is 51.2 Å². The van der Waals surface area contributed by atoms with Crippen LogP contribution in [0.25, 0.3) is 5.57 Å². The largest absolute Gasteiger partial charge is 0.478 e. The van der Waals surface area contributed by atoms with Crippen LogP contribution in [0.4, 0.5) is 0 Å². The highest BCUT2D eigenvalue weighted by Gasteiger charge is 2.66. The van der Waals surface area contributed by atoms with Crippen LogP contribution in [-0.2, 0) is 4.79 Å². The summed E-state index contributed by atoms with van der Waals surface area (Å²) in [5.41, 5.74) is 9.41. The first-order valence-electron chi connectivity index (χ1n) is 14.8. The predicted molar refractivity (Wildman–Crippen MR) is 147 cm³/mol. The number of aromatic carboxylic acids is 1. The van der Waals surface area contributed by atoms with Crippen molar-refractivity contribution in [1.82, 2.24) is 0 Å². The van der Waals surface area contributed by atoms with E-state index in [1.165, 1.54) is 56.1 Å². The average Bonchev–Trinajstić information content (AvgIpc) is 3.30. The van der Waals surface area contributed by atoms with Gasteiger partial charge in [0.25, 0.3) is 0 Å². The van der Waals surface area contributed by atoms with Gasteiger partial charge >= 0.3 is 5.97 Å². The summed E-state index contributed by atoms with van der Waals surface area (Å²) in [7, 11) is 0. The maximum atomic E-state index is 12.7. The molecule has 4 heteroatoms. The van der Waals surface area contributed by atoms with Gasteiger partial charge in [-0.1, -0.05) is 52.3 Å². The highest BCUT2D eigenvalue weighted by Crippen LogP contribution is 2.73. The Balaban J connectivity index is 1.32. The number of primary amides is 1. The summed E-state index contributed by atoms with van der Waals surface area (Å²) in [6.45, 7) is 10.1. The van der Waals surface area contributed by atoms with Gasteiger partial charge in [-0.05, 0) is 127 Å². The van der Waals surface area contributed by atoms with E-state index >= 15 is 0 Å². The first-order valence-corrected chi connectivity index (χ1v) is 14.8. The molecule has 4 saturated carbocycles. The fourth-order valence-corrected chi connectivity index (χ4v) is 11.5. The first-order chi connectivity index (χ1) is 17.4. The summed E-state index contributed by atoms with van der Waals surface area (Å²) in [5.74, 6) is 2.32. The zero-order chi connectivity index (χ0) is 26.4. The lowest BCUT2D eigenvalue weighted by Gasteiger charge is -2.68. The molecule has 5 aliphatic rings. The second-order valence-electron chi connectivity index (χ2n) is 14.5. The average molecular weight is 504 g/mol. The van der Waals surface area contributed by atoms with Gasteiger partial charge in [0.15, 0.2) is 0 Å². The first kappa shape index (κ1) is 25.2. The number of rotatable bonds is 3. The van der Waals surface area contributed by atoms with Crippen molar-refractivity contribution in [2.45, 2.75) is 91.9 Å². The van der Waals surface area contributed by atoms with E-state index in [0.717, 1.165) is 25.2 Å². The molecule has 4 fully saturated rings. The van der Waals surface area contributed by atoms with E-state index in [0.29, 0.717) is 34.7 Å². The molecule has 1 aromatic carbocycles. The molecule has 8 atom stereocenters. The van der Waals surface area contributed by atoms with Gasteiger partial charge in [-0.25, -0.2) is 4.79 Å². The summed E-state index contributed by atoms with van der Waals surface area (Å²) in [6.07, 6.45) is 14.3. The zero-order valence-corrected chi connectivity index (χ0v) is 23.2. The van der Waals surface area contributed by atoms with Crippen molar-refractivity contribution in [1.29, 1.82) is 0 Å². The number of benzene rings is 1. The lowest BCUT2D eigenvalue weighted by atomic mass is 9.36. The fraction of sp³-hybridized carbons (Fsp3) is 0.697. The summed E-state index contributed by atoms with van der Waals surface area (Å²) in [6, 6.07) is 7.51. The molecule has 6 rings (SSSR count). The maximum absolute atomic E-state index is 12.7. The van der Waals surface area contributed by atoms with Crippen molar-refractivity contribution in [2.75, 3.05) is 0 Å². The minimum Gasteiger partial charge on any atom is -0.478 e. The van der Waals surface area contributed by atoms with Crippen LogP contribution in [0.5, 0.6) is 0 Å². The number of carbonyl (C=O) groups excluding carboxylic acids is 1. The van der Waals surface area contributed by atoms with Gasteiger partial charge in [-0.2, -0.15) is 0 Å². The standard InChI is InChI=1S/C33H45NO3/c1-30(2)23(20-7-9-21(10-8-20)28(35)36)13-17-32(4)26(30)15-18-31(3)24-14-19-33(29(34)37)16-5-6-25(33)22(24)11-12-27(31)32/h7-10,13,22,24-27H,5-6,11-12,14-19H2,1-4H3,(H2,34,37)(H,35,36)/t22?,24?,25?,26?,27?,31?,32?,33-/m0/s1. The molecule has 0 saturated heterocycles. The number of nitrogens with two attached hydrogens (primary N) is 1. The zero-order valence-electron chi connectivity index (χ0n) is 23.2. The van der Waals surface area contributed by atoms with Gasteiger partial charge in [0.05, 0.1) is 11.0 Å². The van der Waals surface area contributed by atoms with Crippen LogP contribution in [0.15, 0.2) is 30.3 Å². The number of carboxylic acids is 1. The van der Waals surface area contributed by atoms with Crippen LogP contribution in [0.1, 0.15) is 108 Å². The molecule has 0 spiro atoms. The Kier molecular flexibility index (Phi) is 5.58. The number of allylic oxidation sites excluding steroid dienone is 2. The molecule has 3 N–H and O–H groups in total. The monoisotopic (exact) mass is 503 g/mol. The van der Waals surface area contributed by atoms with Gasteiger partial charge in [0, 0.05) is 0 Å². The van der Waals surface area contributed by atoms with Crippen LogP contribution >= 0.6 is 0 Å². The van der Waals surface area contributed by atoms with Crippen molar-refractivity contribution < 1.29 is 14.7 Å². The van der Waals surface area contributed by atoms with Gasteiger partial charge in [0.1, 0.15) is 0 Å². The Labute approximate surface area is 222 Å². The van der Waals surface area contributed by atoms with E-state index in [2.05, 4.69) is 33.8 Å². The molecule has 4 nitrogen and oxygen atoms in total. The molecule has 1 aromatic rings. The summed E-state index contributed by atoms with van der Waals surface area (Å²) in [4.78, 5) is 24.1. The van der Waals surface area contributed by atoms with Crippen LogP contribution < -0.4 is 5.73 Å². The highest BCUT2D eigenvalue weighted by atomic mass is 16.4.